The number of hydrogen-bond donors (Lipinski definition) is 2. The van der Waals surface area contributed by atoms with Crippen LogP contribution in [0.15, 0.2) is 181 Å². The van der Waals surface area contributed by atoms with Crippen LogP contribution in [-0.4, -0.2) is 74.0 Å². The first-order valence-corrected chi connectivity index (χ1v) is 28.7. The number of nitriles is 2. The summed E-state index contributed by atoms with van der Waals surface area (Å²) in [5, 5.41) is 38.5. The average Bonchev–Trinajstić information content (AvgIpc) is 4.21. The Morgan fingerprint density at radius 3 is 1.11 bits per heavy atom. The number of hydrogen-bond acceptors (Lipinski definition) is 14. The number of rotatable bonds is 25. The Hall–Kier alpha value is -9.16. The summed E-state index contributed by atoms with van der Waals surface area (Å²) in [4.78, 5) is 30.6. The lowest BCUT2D eigenvalue weighted by Gasteiger charge is -2.26. The van der Waals surface area contributed by atoms with Gasteiger partial charge in [0.1, 0.15) is 36.5 Å². The molecule has 0 spiro atoms. The highest BCUT2D eigenvalue weighted by Crippen LogP contribution is 2.53. The van der Waals surface area contributed by atoms with Gasteiger partial charge in [0.15, 0.2) is 35.2 Å². The third-order valence-corrected chi connectivity index (χ3v) is 15.9. The summed E-state index contributed by atoms with van der Waals surface area (Å²) in [6.07, 6.45) is 7.75. The van der Waals surface area contributed by atoms with E-state index in [2.05, 4.69) is 58.3 Å². The molecular formula is C66H58N4O10S2. The molecule has 10 rings (SSSR count). The maximum atomic E-state index is 11.9. The summed E-state index contributed by atoms with van der Waals surface area (Å²) in [6, 6.07) is 60.2. The number of aliphatic carboxylic acids is 2. The summed E-state index contributed by atoms with van der Waals surface area (Å²) in [6.45, 7) is 2.15. The molecule has 2 atom stereocenters. The molecule has 2 aliphatic rings. The molecule has 6 aromatic carbocycles. The molecule has 8 aromatic rings. The van der Waals surface area contributed by atoms with Crippen LogP contribution >= 0.6 is 22.7 Å². The third kappa shape index (κ3) is 13.5. The second-order valence-electron chi connectivity index (χ2n) is 19.3. The first-order valence-electron chi connectivity index (χ1n) is 27.1. The molecule has 4 heterocycles. The Morgan fingerprint density at radius 2 is 0.793 bits per heavy atom. The first-order chi connectivity index (χ1) is 40.3. The lowest BCUT2D eigenvalue weighted by atomic mass is 10.1. The van der Waals surface area contributed by atoms with E-state index in [0.717, 1.165) is 93.5 Å². The van der Waals surface area contributed by atoms with Gasteiger partial charge in [0, 0.05) is 47.3 Å². The van der Waals surface area contributed by atoms with Crippen LogP contribution in [0, 0.1) is 22.7 Å². The van der Waals surface area contributed by atoms with E-state index in [1.165, 1.54) is 34.8 Å². The van der Waals surface area contributed by atoms with Crippen molar-refractivity contribution >= 4 is 80.9 Å². The van der Waals surface area contributed by atoms with E-state index in [1.54, 1.807) is 12.1 Å². The number of ether oxygens (including phenoxy) is 6. The second-order valence-corrected chi connectivity index (χ2v) is 21.4. The summed E-state index contributed by atoms with van der Waals surface area (Å²) >= 11 is 2.63. The maximum absolute atomic E-state index is 11.9. The molecule has 0 radical (unpaired) electrons. The fraction of sp³-hybridized carbons (Fsp3) is 0.212. The van der Waals surface area contributed by atoms with Crippen LogP contribution in [0.3, 0.4) is 0 Å². The van der Waals surface area contributed by atoms with Crippen LogP contribution in [0.2, 0.25) is 0 Å². The number of carboxylic acid groups (broad SMARTS) is 2. The van der Waals surface area contributed by atoms with Crippen LogP contribution in [-0.2, 0) is 19.1 Å². The highest BCUT2D eigenvalue weighted by Gasteiger charge is 2.32. The molecule has 0 saturated heterocycles. The second kappa shape index (κ2) is 27.3. The largest absolute Gasteiger partial charge is 0.484 e. The lowest BCUT2D eigenvalue weighted by Crippen LogP contribution is -2.33. The molecule has 0 bridgehead atoms. The van der Waals surface area contributed by atoms with Crippen molar-refractivity contribution in [2.24, 2.45) is 0 Å². The van der Waals surface area contributed by atoms with Gasteiger partial charge < -0.3 is 48.4 Å². The fourth-order valence-electron chi connectivity index (χ4n) is 9.63. The molecular weight excluding hydrogens is 1070 g/mol. The van der Waals surface area contributed by atoms with Gasteiger partial charge in [-0.3, -0.25) is 0 Å². The molecule has 2 aliphatic heterocycles. The smallest absolute Gasteiger partial charge is 0.346 e. The van der Waals surface area contributed by atoms with Gasteiger partial charge in [0.05, 0.1) is 32.7 Å². The summed E-state index contributed by atoms with van der Waals surface area (Å²) in [5.41, 5.74) is 6.84. The lowest BCUT2D eigenvalue weighted by molar-refractivity contribution is -0.133. The molecule has 414 valence electrons. The SMILES string of the molecule is N#C/C(=C\c1sc(-c2ccc(N(c3ccccc3)c3ccccc3)cc2)c2c1OCC(COCCCCCCCCOCC1COc3c(/C=C(\C#N)C(=O)O)sc(-c4ccc(N(c5ccccc5)c5ccccc5)cc4)c3O1)O2)C(=O)O. The molecule has 16 heteroatoms. The van der Waals surface area contributed by atoms with Gasteiger partial charge in [-0.15, -0.1) is 22.7 Å². The van der Waals surface area contributed by atoms with Gasteiger partial charge in [-0.05, 0) is 109 Å². The Kier molecular flexibility index (Phi) is 18.7. The Morgan fingerprint density at radius 1 is 0.476 bits per heavy atom. The summed E-state index contributed by atoms with van der Waals surface area (Å²) in [5.74, 6) is -0.836. The monoisotopic (exact) mass is 1130 g/mol. The van der Waals surface area contributed by atoms with Crippen molar-refractivity contribution in [3.8, 4) is 56.0 Å². The first kappa shape index (κ1) is 56.1. The molecule has 2 N–H and O–H groups in total. The summed E-state index contributed by atoms with van der Waals surface area (Å²) in [7, 11) is 0. The van der Waals surface area contributed by atoms with Crippen molar-refractivity contribution in [1.29, 1.82) is 10.5 Å². The van der Waals surface area contributed by atoms with Crippen molar-refractivity contribution < 1.29 is 48.2 Å². The predicted octanol–water partition coefficient (Wildman–Crippen LogP) is 15.4. The van der Waals surface area contributed by atoms with E-state index in [-0.39, 0.29) is 13.2 Å². The minimum absolute atomic E-state index is 0.204. The Labute approximate surface area is 484 Å². The van der Waals surface area contributed by atoms with Gasteiger partial charge >= 0.3 is 11.9 Å². The van der Waals surface area contributed by atoms with E-state index >= 15 is 0 Å². The number of anilines is 6. The van der Waals surface area contributed by atoms with Crippen molar-refractivity contribution in [3.63, 3.8) is 0 Å². The Balaban J connectivity index is 0.687. The number of unbranched alkanes of at least 4 members (excludes halogenated alkanes) is 5. The number of thiophene rings is 2. The predicted molar refractivity (Wildman–Crippen MR) is 320 cm³/mol. The van der Waals surface area contributed by atoms with Gasteiger partial charge in [-0.25, -0.2) is 9.59 Å². The van der Waals surface area contributed by atoms with Crippen molar-refractivity contribution in [1.82, 2.24) is 0 Å². The zero-order chi connectivity index (χ0) is 56.6. The van der Waals surface area contributed by atoms with Crippen molar-refractivity contribution in [2.75, 3.05) is 49.4 Å². The van der Waals surface area contributed by atoms with Gasteiger partial charge in [0.2, 0.25) is 0 Å². The van der Waals surface area contributed by atoms with E-state index in [9.17, 15) is 30.3 Å². The molecule has 0 saturated carbocycles. The molecule has 82 heavy (non-hydrogen) atoms. The molecule has 2 unspecified atom stereocenters. The van der Waals surface area contributed by atoms with E-state index in [0.29, 0.717) is 59.2 Å². The molecule has 0 fully saturated rings. The number of carbonyl (C=O) groups is 2. The Bertz CT molecular complexity index is 3280. The average molecular weight is 1130 g/mol. The van der Waals surface area contributed by atoms with Crippen molar-refractivity contribution in [3.05, 3.63) is 191 Å². The number of fused-ring (bicyclic) bond motifs is 2. The molecule has 0 aliphatic carbocycles. The standard InChI is InChI=1S/C66H58N4O10S2/c67-39-47(65(71)72)37-57-59-61(63(81-57)45-27-31-53(32-28-45)69(49-19-9-5-10-20-49)50-21-11-6-12-22-50)79-55(43-77-59)41-75-35-17-3-1-2-4-18-36-76-42-56-44-78-60-58(38-48(40-68)66(73)74)82-64(62(60)80-56)46-29-33-54(34-30-46)70(51-23-13-7-14-24-51)52-25-15-8-16-26-52/h5-16,19-34,37-38,55-56H,1-4,17-18,35-36,41-44H2,(H,71,72)(H,73,74)/b47-37+,48-38+. The maximum Gasteiger partial charge on any atom is 0.346 e. The zero-order valence-corrected chi connectivity index (χ0v) is 46.4. The van der Waals surface area contributed by atoms with E-state index in [4.69, 9.17) is 28.4 Å². The number of carboxylic acids is 2. The fourth-order valence-corrected chi connectivity index (χ4v) is 11.9. The quantitative estimate of drug-likeness (QED) is 0.0313. The highest BCUT2D eigenvalue weighted by molar-refractivity contribution is 7.17. The topological polar surface area (TPSA) is 184 Å². The van der Waals surface area contributed by atoms with Crippen LogP contribution in [0.1, 0.15) is 48.3 Å². The highest BCUT2D eigenvalue weighted by atomic mass is 32.1. The molecule has 2 aromatic heterocycles. The minimum atomic E-state index is -1.32. The van der Waals surface area contributed by atoms with Crippen LogP contribution in [0.25, 0.3) is 33.0 Å². The number of benzene rings is 6. The number of nitrogens with zero attached hydrogens (tertiary/aromatic N) is 4. The van der Waals surface area contributed by atoms with Gasteiger partial charge in [-0.2, -0.15) is 10.5 Å². The molecule has 0 amide bonds. The van der Waals surface area contributed by atoms with Crippen molar-refractivity contribution in [2.45, 2.75) is 50.7 Å². The minimum Gasteiger partial charge on any atom is -0.484 e. The number of para-hydroxylation sites is 4. The normalized spacial score (nSPS) is 14.6. The molecule has 14 nitrogen and oxygen atoms in total. The van der Waals surface area contributed by atoms with E-state index < -0.39 is 35.3 Å². The van der Waals surface area contributed by atoms with Gasteiger partial charge in [-0.1, -0.05) is 123 Å². The zero-order valence-electron chi connectivity index (χ0n) is 44.7. The van der Waals surface area contributed by atoms with E-state index in [1.807, 2.05) is 121 Å². The third-order valence-electron chi connectivity index (χ3n) is 13.6. The van der Waals surface area contributed by atoms with Crippen LogP contribution in [0.4, 0.5) is 34.1 Å². The van der Waals surface area contributed by atoms with Crippen LogP contribution in [0.5, 0.6) is 23.0 Å². The van der Waals surface area contributed by atoms with Gasteiger partial charge in [0.25, 0.3) is 0 Å². The van der Waals surface area contributed by atoms with Crippen LogP contribution < -0.4 is 28.7 Å². The summed E-state index contributed by atoms with van der Waals surface area (Å²) < 4.78 is 37.8.